The molecule has 1 aliphatic heterocycles. The predicted molar refractivity (Wildman–Crippen MR) is 133 cm³/mol. The number of aliphatic hydroxyl groups excluding tert-OH is 1. The van der Waals surface area contributed by atoms with E-state index in [1.54, 1.807) is 0 Å². The topological polar surface area (TPSA) is 63.6 Å². The van der Waals surface area contributed by atoms with E-state index in [0.29, 0.717) is 5.92 Å². The molecule has 1 N–H and O–H groups in total. The smallest absolute Gasteiger partial charge is 0.309 e. The number of carbonyl (C=O) groups is 2. The maximum Gasteiger partial charge on any atom is 0.309 e. The number of fused-ring (bicyclic) bond motifs is 7. The second kappa shape index (κ2) is 7.54. The molecule has 4 fully saturated rings. The lowest BCUT2D eigenvalue weighted by molar-refractivity contribution is -0.158. The van der Waals surface area contributed by atoms with E-state index in [1.807, 2.05) is 6.08 Å². The van der Waals surface area contributed by atoms with Gasteiger partial charge in [0.15, 0.2) is 5.78 Å². The van der Waals surface area contributed by atoms with Crippen molar-refractivity contribution in [2.75, 3.05) is 0 Å². The molecular formula is C30H44O4. The molecule has 0 bridgehead atoms. The van der Waals surface area contributed by atoms with Gasteiger partial charge in [-0.3, -0.25) is 9.59 Å². The molecule has 5 aliphatic rings. The molecule has 1 saturated heterocycles. The number of allylic oxidation sites excluding steroid dienone is 4. The van der Waals surface area contributed by atoms with Gasteiger partial charge in [-0.25, -0.2) is 0 Å². The summed E-state index contributed by atoms with van der Waals surface area (Å²) < 4.78 is 6.06. The molecule has 188 valence electrons. The van der Waals surface area contributed by atoms with Crippen molar-refractivity contribution in [3.8, 4) is 0 Å². The number of carbonyl (C=O) groups excluding carboxylic acids is 2. The molecule has 0 unspecified atom stereocenters. The number of aliphatic hydroxyl groups is 1. The second-order valence-electron chi connectivity index (χ2n) is 13.8. The fourth-order valence-corrected chi connectivity index (χ4v) is 9.72. The zero-order valence-corrected chi connectivity index (χ0v) is 22.2. The van der Waals surface area contributed by atoms with Crippen molar-refractivity contribution < 1.29 is 19.4 Å². The van der Waals surface area contributed by atoms with Crippen LogP contribution in [0, 0.1) is 45.3 Å². The highest BCUT2D eigenvalue weighted by atomic mass is 16.6. The van der Waals surface area contributed by atoms with Crippen molar-refractivity contribution in [1.82, 2.24) is 0 Å². The van der Waals surface area contributed by atoms with Gasteiger partial charge in [0, 0.05) is 17.3 Å². The van der Waals surface area contributed by atoms with Gasteiger partial charge in [-0.15, -0.1) is 0 Å². The molecular weight excluding hydrogens is 424 g/mol. The fraction of sp³-hybridized carbons (Fsp3) is 0.800. The van der Waals surface area contributed by atoms with Gasteiger partial charge >= 0.3 is 5.97 Å². The van der Waals surface area contributed by atoms with Crippen LogP contribution in [0.5, 0.6) is 0 Å². The summed E-state index contributed by atoms with van der Waals surface area (Å²) in [6.07, 6.45) is 10.2. The van der Waals surface area contributed by atoms with Crippen molar-refractivity contribution in [3.63, 3.8) is 0 Å². The van der Waals surface area contributed by atoms with E-state index in [9.17, 15) is 14.7 Å². The molecule has 9 atom stereocenters. The van der Waals surface area contributed by atoms with Crippen LogP contribution in [0.4, 0.5) is 0 Å². The zero-order valence-electron chi connectivity index (χ0n) is 22.2. The summed E-state index contributed by atoms with van der Waals surface area (Å²) in [4.78, 5) is 26.7. The first kappa shape index (κ1) is 24.3. The maximum atomic E-state index is 13.8. The quantitative estimate of drug-likeness (QED) is 0.406. The van der Waals surface area contributed by atoms with Crippen molar-refractivity contribution in [2.45, 2.75) is 106 Å². The van der Waals surface area contributed by atoms with Gasteiger partial charge < -0.3 is 9.84 Å². The summed E-state index contributed by atoms with van der Waals surface area (Å²) >= 11 is 0. The lowest BCUT2D eigenvalue weighted by Crippen LogP contribution is -2.60. The Kier molecular flexibility index (Phi) is 5.39. The highest BCUT2D eigenvalue weighted by Gasteiger charge is 2.71. The van der Waals surface area contributed by atoms with E-state index in [1.165, 1.54) is 11.1 Å². The molecule has 0 radical (unpaired) electrons. The van der Waals surface area contributed by atoms with Crippen molar-refractivity contribution in [3.05, 3.63) is 23.3 Å². The minimum Gasteiger partial charge on any atom is -0.462 e. The van der Waals surface area contributed by atoms with Gasteiger partial charge in [-0.2, -0.15) is 0 Å². The molecule has 4 nitrogen and oxygen atoms in total. The molecule has 3 saturated carbocycles. The van der Waals surface area contributed by atoms with E-state index in [2.05, 4.69) is 54.5 Å². The summed E-state index contributed by atoms with van der Waals surface area (Å²) in [5.41, 5.74) is 1.90. The molecule has 1 heterocycles. The summed E-state index contributed by atoms with van der Waals surface area (Å²) in [6, 6.07) is 0. The number of ether oxygens (including phenoxy) is 1. The zero-order chi connectivity index (χ0) is 24.8. The van der Waals surface area contributed by atoms with Crippen LogP contribution in [0.25, 0.3) is 0 Å². The van der Waals surface area contributed by atoms with Crippen molar-refractivity contribution in [2.24, 2.45) is 45.3 Å². The minimum absolute atomic E-state index is 0.00806. The number of ketones is 1. The van der Waals surface area contributed by atoms with Crippen LogP contribution >= 0.6 is 0 Å². The van der Waals surface area contributed by atoms with E-state index >= 15 is 0 Å². The standard InChI is InChI=1S/C30H44O4/c1-17(2)9-8-10-18-24-22(34-26(18)33)16-30(7)20-15-21(31)25-27(3,4)23(32)12-13-28(25,5)19(20)11-14-29(24,30)6/h9,15,18-19,22-25,32H,8,10-14,16H2,1-7H3/t18-,19+,22+,23-,24-,25+,28-,29+,30-/m1/s1. The monoisotopic (exact) mass is 468 g/mol. The molecule has 34 heavy (non-hydrogen) atoms. The van der Waals surface area contributed by atoms with Crippen LogP contribution in [0.15, 0.2) is 23.3 Å². The summed E-state index contributed by atoms with van der Waals surface area (Å²) in [5.74, 6) is 0.599. The Morgan fingerprint density at radius 2 is 1.82 bits per heavy atom. The van der Waals surface area contributed by atoms with Crippen LogP contribution in [0.3, 0.4) is 0 Å². The minimum atomic E-state index is -0.430. The lowest BCUT2D eigenvalue weighted by atomic mass is 9.40. The number of hydrogen-bond donors (Lipinski definition) is 1. The average molecular weight is 469 g/mol. The Balaban J connectivity index is 1.53. The molecule has 4 heteroatoms. The highest BCUT2D eigenvalue weighted by molar-refractivity contribution is 5.95. The molecule has 0 aromatic heterocycles. The third-order valence-corrected chi connectivity index (χ3v) is 11.6. The van der Waals surface area contributed by atoms with Crippen LogP contribution in [-0.2, 0) is 14.3 Å². The first-order valence-corrected chi connectivity index (χ1v) is 13.6. The fourth-order valence-electron chi connectivity index (χ4n) is 9.72. The molecule has 0 amide bonds. The highest BCUT2D eigenvalue weighted by Crippen LogP contribution is 2.74. The van der Waals surface area contributed by atoms with Crippen LogP contribution in [-0.4, -0.2) is 29.1 Å². The second-order valence-corrected chi connectivity index (χ2v) is 13.8. The predicted octanol–water partition coefficient (Wildman–Crippen LogP) is 6.03. The summed E-state index contributed by atoms with van der Waals surface area (Å²) in [7, 11) is 0. The molecule has 0 spiro atoms. The van der Waals surface area contributed by atoms with Gasteiger partial charge in [0.25, 0.3) is 0 Å². The van der Waals surface area contributed by atoms with Crippen LogP contribution in [0.2, 0.25) is 0 Å². The first-order chi connectivity index (χ1) is 15.8. The number of esters is 1. The van der Waals surface area contributed by atoms with E-state index in [4.69, 9.17) is 4.74 Å². The van der Waals surface area contributed by atoms with Gasteiger partial charge in [-0.05, 0) is 87.0 Å². The van der Waals surface area contributed by atoms with E-state index in [-0.39, 0.29) is 51.9 Å². The van der Waals surface area contributed by atoms with Gasteiger partial charge in [-0.1, -0.05) is 51.8 Å². The van der Waals surface area contributed by atoms with Crippen LogP contribution < -0.4 is 0 Å². The Bertz CT molecular complexity index is 970. The summed E-state index contributed by atoms with van der Waals surface area (Å²) in [6.45, 7) is 15.5. The van der Waals surface area contributed by atoms with E-state index < -0.39 is 11.5 Å². The maximum absolute atomic E-state index is 13.8. The third kappa shape index (κ3) is 2.99. The van der Waals surface area contributed by atoms with Gasteiger partial charge in [0.05, 0.1) is 12.0 Å². The Morgan fingerprint density at radius 1 is 1.12 bits per heavy atom. The SMILES string of the molecule is CC(C)=CCC[C@H]1C(=O)O[C@H]2C[C@]3(C)C4=CC(=O)[C@H]5C(C)(C)[C@H](O)CC[C@]5(C)[C@H]4CC[C@@]3(C)[C@@H]21. The van der Waals surface area contributed by atoms with Crippen LogP contribution in [0.1, 0.15) is 93.4 Å². The first-order valence-electron chi connectivity index (χ1n) is 13.6. The van der Waals surface area contributed by atoms with Crippen molar-refractivity contribution >= 4 is 11.8 Å². The van der Waals surface area contributed by atoms with E-state index in [0.717, 1.165) is 44.9 Å². The summed E-state index contributed by atoms with van der Waals surface area (Å²) in [5, 5.41) is 10.8. The van der Waals surface area contributed by atoms with Gasteiger partial charge in [0.2, 0.25) is 0 Å². The number of rotatable bonds is 3. The van der Waals surface area contributed by atoms with Gasteiger partial charge in [0.1, 0.15) is 6.10 Å². The Labute approximate surface area is 205 Å². The Hall–Kier alpha value is -1.42. The van der Waals surface area contributed by atoms with Crippen molar-refractivity contribution in [1.29, 1.82) is 0 Å². The molecule has 0 aromatic rings. The largest absolute Gasteiger partial charge is 0.462 e. The number of hydrogen-bond acceptors (Lipinski definition) is 4. The Morgan fingerprint density at radius 3 is 2.50 bits per heavy atom. The lowest BCUT2D eigenvalue weighted by Gasteiger charge is -2.63. The third-order valence-electron chi connectivity index (χ3n) is 11.6. The normalized spacial score (nSPS) is 48.8. The molecule has 4 aliphatic carbocycles. The molecule has 0 aromatic carbocycles. The molecule has 5 rings (SSSR count). The average Bonchev–Trinajstić information content (AvgIpc) is 3.15.